The molecule has 0 atom stereocenters. The van der Waals surface area contributed by atoms with Crippen molar-refractivity contribution < 1.29 is 14.3 Å². The maximum atomic E-state index is 12.6. The summed E-state index contributed by atoms with van der Waals surface area (Å²) in [6.45, 7) is 9.33. The first-order valence-electron chi connectivity index (χ1n) is 8.54. The molecule has 2 aromatic carbocycles. The minimum Gasteiger partial charge on any atom is -0.496 e. The summed E-state index contributed by atoms with van der Waals surface area (Å²) in [6, 6.07) is 11.3. The van der Waals surface area contributed by atoms with Gasteiger partial charge in [0, 0.05) is 23.4 Å². The van der Waals surface area contributed by atoms with Crippen LogP contribution >= 0.6 is 0 Å². The number of anilines is 1. The van der Waals surface area contributed by atoms with Crippen molar-refractivity contribution in [3.05, 3.63) is 58.7 Å². The van der Waals surface area contributed by atoms with Gasteiger partial charge in [0.2, 0.25) is 0 Å². The van der Waals surface area contributed by atoms with E-state index < -0.39 is 0 Å². The lowest BCUT2D eigenvalue weighted by Crippen LogP contribution is -2.14. The second-order valence-corrected chi connectivity index (χ2v) is 6.64. The molecule has 4 nitrogen and oxygen atoms in total. The zero-order chi connectivity index (χ0) is 18.4. The molecule has 0 heterocycles. The lowest BCUT2D eigenvalue weighted by molar-refractivity contribution is 0.0952. The predicted octanol–water partition coefficient (Wildman–Crippen LogP) is 4.74. The minimum atomic E-state index is -0.138. The fourth-order valence-corrected chi connectivity index (χ4v) is 2.52. The van der Waals surface area contributed by atoms with Crippen LogP contribution < -0.4 is 10.1 Å². The number of hydrogen-bond acceptors (Lipinski definition) is 3. The molecule has 0 aromatic heterocycles. The van der Waals surface area contributed by atoms with Crippen LogP contribution in [0, 0.1) is 19.8 Å². The number of amides is 1. The topological polar surface area (TPSA) is 47.6 Å². The maximum absolute atomic E-state index is 12.6. The van der Waals surface area contributed by atoms with E-state index in [1.54, 1.807) is 13.2 Å². The van der Waals surface area contributed by atoms with Gasteiger partial charge < -0.3 is 14.8 Å². The van der Waals surface area contributed by atoms with E-state index in [9.17, 15) is 4.79 Å². The molecule has 0 saturated carbocycles. The Morgan fingerprint density at radius 3 is 2.60 bits per heavy atom. The standard InChI is InChI=1S/C21H27NO3/c1-14(2)12-25-13-18-11-17(9-10-20(18)24-5)21(23)22-19-8-6-7-15(3)16(19)4/h6-11,14H,12-13H2,1-5H3,(H,22,23). The van der Waals surface area contributed by atoms with Crippen LogP contribution in [0.15, 0.2) is 36.4 Å². The highest BCUT2D eigenvalue weighted by Gasteiger charge is 2.12. The van der Waals surface area contributed by atoms with Gasteiger partial charge in [0.25, 0.3) is 5.91 Å². The highest BCUT2D eigenvalue weighted by atomic mass is 16.5. The van der Waals surface area contributed by atoms with Gasteiger partial charge in [-0.05, 0) is 55.2 Å². The minimum absolute atomic E-state index is 0.138. The Morgan fingerprint density at radius 2 is 1.92 bits per heavy atom. The van der Waals surface area contributed by atoms with E-state index >= 15 is 0 Å². The van der Waals surface area contributed by atoms with Crippen molar-refractivity contribution in [3.63, 3.8) is 0 Å². The van der Waals surface area contributed by atoms with E-state index in [-0.39, 0.29) is 5.91 Å². The predicted molar refractivity (Wildman–Crippen MR) is 101 cm³/mol. The summed E-state index contributed by atoms with van der Waals surface area (Å²) in [4.78, 5) is 12.6. The molecule has 0 unspecified atom stereocenters. The fraction of sp³-hybridized carbons (Fsp3) is 0.381. The molecular formula is C21H27NO3. The van der Waals surface area contributed by atoms with Crippen molar-refractivity contribution >= 4 is 11.6 Å². The summed E-state index contributed by atoms with van der Waals surface area (Å²) >= 11 is 0. The van der Waals surface area contributed by atoms with Gasteiger partial charge in [0.15, 0.2) is 0 Å². The Labute approximate surface area is 150 Å². The van der Waals surface area contributed by atoms with Gasteiger partial charge in [-0.15, -0.1) is 0 Å². The van der Waals surface area contributed by atoms with Gasteiger partial charge in [-0.25, -0.2) is 0 Å². The van der Waals surface area contributed by atoms with Gasteiger partial charge in [0.05, 0.1) is 13.7 Å². The highest BCUT2D eigenvalue weighted by molar-refractivity contribution is 6.04. The van der Waals surface area contributed by atoms with E-state index in [2.05, 4.69) is 19.2 Å². The monoisotopic (exact) mass is 341 g/mol. The molecule has 25 heavy (non-hydrogen) atoms. The lowest BCUT2D eigenvalue weighted by Gasteiger charge is -2.14. The summed E-state index contributed by atoms with van der Waals surface area (Å²) in [5, 5.41) is 2.99. The van der Waals surface area contributed by atoms with Crippen molar-refractivity contribution in [3.8, 4) is 5.75 Å². The van der Waals surface area contributed by atoms with Gasteiger partial charge in [-0.1, -0.05) is 26.0 Å². The molecule has 2 aromatic rings. The van der Waals surface area contributed by atoms with Crippen LogP contribution in [0.4, 0.5) is 5.69 Å². The van der Waals surface area contributed by atoms with Gasteiger partial charge in [-0.3, -0.25) is 4.79 Å². The number of hydrogen-bond donors (Lipinski definition) is 1. The molecule has 0 aliphatic carbocycles. The normalized spacial score (nSPS) is 10.8. The molecule has 0 saturated heterocycles. The first-order valence-corrected chi connectivity index (χ1v) is 8.54. The van der Waals surface area contributed by atoms with Crippen LogP contribution in [0.2, 0.25) is 0 Å². The van der Waals surface area contributed by atoms with E-state index in [1.165, 1.54) is 0 Å². The Balaban J connectivity index is 2.17. The molecule has 0 fully saturated rings. The number of nitrogens with one attached hydrogen (secondary N) is 1. The first-order chi connectivity index (χ1) is 11.9. The number of aryl methyl sites for hydroxylation is 1. The highest BCUT2D eigenvalue weighted by Crippen LogP contribution is 2.23. The zero-order valence-corrected chi connectivity index (χ0v) is 15.7. The molecule has 4 heteroatoms. The Hall–Kier alpha value is -2.33. The Kier molecular flexibility index (Phi) is 6.59. The molecule has 134 valence electrons. The first kappa shape index (κ1) is 19.0. The molecule has 0 radical (unpaired) electrons. The number of ether oxygens (including phenoxy) is 2. The molecule has 1 amide bonds. The number of rotatable bonds is 7. The van der Waals surface area contributed by atoms with Crippen molar-refractivity contribution in [2.24, 2.45) is 5.92 Å². The molecule has 0 bridgehead atoms. The summed E-state index contributed by atoms with van der Waals surface area (Å²) < 4.78 is 11.1. The Morgan fingerprint density at radius 1 is 1.16 bits per heavy atom. The zero-order valence-electron chi connectivity index (χ0n) is 15.7. The van der Waals surface area contributed by atoms with Crippen LogP contribution in [-0.2, 0) is 11.3 Å². The summed E-state index contributed by atoms with van der Waals surface area (Å²) in [5.74, 6) is 1.05. The number of benzene rings is 2. The van der Waals surface area contributed by atoms with Gasteiger partial charge in [-0.2, -0.15) is 0 Å². The summed E-state index contributed by atoms with van der Waals surface area (Å²) in [7, 11) is 1.62. The third-order valence-corrected chi connectivity index (χ3v) is 4.10. The average molecular weight is 341 g/mol. The molecule has 1 N–H and O–H groups in total. The quantitative estimate of drug-likeness (QED) is 0.791. The molecule has 0 spiro atoms. The number of carbonyl (C=O) groups is 1. The van der Waals surface area contributed by atoms with E-state index in [4.69, 9.17) is 9.47 Å². The second-order valence-electron chi connectivity index (χ2n) is 6.64. The average Bonchev–Trinajstić information content (AvgIpc) is 2.58. The SMILES string of the molecule is COc1ccc(C(=O)Nc2cccc(C)c2C)cc1COCC(C)C. The van der Waals surface area contributed by atoms with E-state index in [0.29, 0.717) is 24.7 Å². The van der Waals surface area contributed by atoms with Crippen molar-refractivity contribution in [1.82, 2.24) is 0 Å². The largest absolute Gasteiger partial charge is 0.496 e. The number of carbonyl (C=O) groups excluding carboxylic acids is 1. The van der Waals surface area contributed by atoms with Crippen LogP contribution in [0.5, 0.6) is 5.75 Å². The smallest absolute Gasteiger partial charge is 0.255 e. The van der Waals surface area contributed by atoms with E-state index in [1.807, 2.05) is 44.2 Å². The van der Waals surface area contributed by atoms with Crippen LogP contribution in [0.3, 0.4) is 0 Å². The van der Waals surface area contributed by atoms with Crippen LogP contribution in [0.1, 0.15) is 40.9 Å². The van der Waals surface area contributed by atoms with Gasteiger partial charge >= 0.3 is 0 Å². The lowest BCUT2D eigenvalue weighted by atomic mass is 10.1. The molecule has 0 aliphatic rings. The van der Waals surface area contributed by atoms with Crippen LogP contribution in [0.25, 0.3) is 0 Å². The van der Waals surface area contributed by atoms with Crippen molar-refractivity contribution in [1.29, 1.82) is 0 Å². The van der Waals surface area contributed by atoms with Crippen LogP contribution in [-0.4, -0.2) is 19.6 Å². The fourth-order valence-electron chi connectivity index (χ4n) is 2.52. The summed E-state index contributed by atoms with van der Waals surface area (Å²) in [6.07, 6.45) is 0. The molecule has 2 rings (SSSR count). The van der Waals surface area contributed by atoms with Crippen molar-refractivity contribution in [2.75, 3.05) is 19.0 Å². The maximum Gasteiger partial charge on any atom is 0.255 e. The third-order valence-electron chi connectivity index (χ3n) is 4.10. The van der Waals surface area contributed by atoms with Crippen molar-refractivity contribution in [2.45, 2.75) is 34.3 Å². The van der Waals surface area contributed by atoms with Gasteiger partial charge in [0.1, 0.15) is 5.75 Å². The van der Waals surface area contributed by atoms with E-state index in [0.717, 1.165) is 28.1 Å². The molecule has 0 aliphatic heterocycles. The third kappa shape index (κ3) is 5.07. The Bertz CT molecular complexity index is 738. The number of methoxy groups -OCH3 is 1. The molecular weight excluding hydrogens is 314 g/mol. The second kappa shape index (κ2) is 8.67. The summed E-state index contributed by atoms with van der Waals surface area (Å²) in [5.41, 5.74) is 4.51.